The number of carbonyl (C=O) groups is 1. The summed E-state index contributed by atoms with van der Waals surface area (Å²) < 4.78 is 35.8. The molecule has 0 saturated heterocycles. The molecule has 0 bridgehead atoms. The van der Waals surface area contributed by atoms with E-state index in [0.717, 1.165) is 5.56 Å². The molecule has 29 heavy (non-hydrogen) atoms. The molecule has 0 spiro atoms. The van der Waals surface area contributed by atoms with Gasteiger partial charge in [0.1, 0.15) is 5.75 Å². The topological polar surface area (TPSA) is 82.2 Å². The fraction of sp³-hybridized carbons (Fsp3) is 0.316. The Kier molecular flexibility index (Phi) is 7.23. The van der Waals surface area contributed by atoms with Crippen LogP contribution in [0, 0.1) is 0 Å². The molecule has 1 N–H and O–H groups in total. The summed E-state index contributed by atoms with van der Waals surface area (Å²) in [6, 6.07) is 9.94. The van der Waals surface area contributed by atoms with E-state index in [1.54, 1.807) is 24.5 Å². The number of ether oxygens (including phenoxy) is 1. The van der Waals surface area contributed by atoms with Crippen molar-refractivity contribution >= 4 is 17.7 Å². The number of alkyl halides is 2. The van der Waals surface area contributed by atoms with Crippen molar-refractivity contribution in [1.29, 1.82) is 0 Å². The van der Waals surface area contributed by atoms with Gasteiger partial charge in [-0.15, -0.1) is 10.2 Å². The summed E-state index contributed by atoms with van der Waals surface area (Å²) in [4.78, 5) is 12.1. The van der Waals surface area contributed by atoms with Crippen molar-refractivity contribution in [3.8, 4) is 17.3 Å². The van der Waals surface area contributed by atoms with Gasteiger partial charge in [-0.2, -0.15) is 8.78 Å². The van der Waals surface area contributed by atoms with Gasteiger partial charge in [-0.1, -0.05) is 23.9 Å². The zero-order valence-corrected chi connectivity index (χ0v) is 16.5. The van der Waals surface area contributed by atoms with Crippen LogP contribution in [0.2, 0.25) is 0 Å². The van der Waals surface area contributed by atoms with Crippen LogP contribution in [0.3, 0.4) is 0 Å². The molecular weight excluding hydrogens is 402 g/mol. The molecule has 0 unspecified atom stereocenters. The monoisotopic (exact) mass is 422 g/mol. The second-order valence-electron chi connectivity index (χ2n) is 5.94. The standard InChI is InChI=1S/C19H20F2N4O3S/c1-2-25-17(15-4-3-11-27-15)23-24-19(25)29-12-16(26)22-10-9-13-5-7-14(8-6-13)28-18(20)21/h3-8,11,18H,2,9-10,12H2,1H3,(H,22,26). The highest BCUT2D eigenvalue weighted by molar-refractivity contribution is 7.99. The number of amides is 1. The van der Waals surface area contributed by atoms with Crippen LogP contribution in [0.15, 0.2) is 52.2 Å². The van der Waals surface area contributed by atoms with E-state index >= 15 is 0 Å². The van der Waals surface area contributed by atoms with Crippen molar-refractivity contribution in [3.05, 3.63) is 48.2 Å². The Hall–Kier alpha value is -2.88. The highest BCUT2D eigenvalue weighted by atomic mass is 32.2. The van der Waals surface area contributed by atoms with E-state index in [2.05, 4.69) is 20.3 Å². The molecule has 0 fully saturated rings. The number of benzene rings is 1. The van der Waals surface area contributed by atoms with Crippen LogP contribution >= 0.6 is 11.8 Å². The fourth-order valence-electron chi connectivity index (χ4n) is 2.63. The predicted molar refractivity (Wildman–Crippen MR) is 104 cm³/mol. The van der Waals surface area contributed by atoms with E-state index < -0.39 is 6.61 Å². The van der Waals surface area contributed by atoms with Gasteiger partial charge < -0.3 is 14.5 Å². The summed E-state index contributed by atoms with van der Waals surface area (Å²) in [7, 11) is 0. The van der Waals surface area contributed by atoms with Crippen molar-refractivity contribution < 1.29 is 22.7 Å². The number of nitrogens with one attached hydrogen (secondary N) is 1. The maximum atomic E-state index is 12.1. The highest BCUT2D eigenvalue weighted by Crippen LogP contribution is 2.24. The first-order chi connectivity index (χ1) is 14.1. The van der Waals surface area contributed by atoms with E-state index in [4.69, 9.17) is 4.42 Å². The molecule has 0 aliphatic rings. The molecule has 1 amide bonds. The minimum atomic E-state index is -2.84. The van der Waals surface area contributed by atoms with Crippen LogP contribution in [0.25, 0.3) is 11.6 Å². The Morgan fingerprint density at radius 3 is 2.72 bits per heavy atom. The van der Waals surface area contributed by atoms with E-state index in [1.807, 2.05) is 17.6 Å². The molecule has 10 heteroatoms. The zero-order chi connectivity index (χ0) is 20.6. The van der Waals surface area contributed by atoms with Crippen molar-refractivity contribution in [2.24, 2.45) is 0 Å². The third-order valence-corrected chi connectivity index (χ3v) is 4.96. The molecule has 3 aromatic rings. The first kappa shape index (κ1) is 20.8. The molecule has 1 aromatic carbocycles. The van der Waals surface area contributed by atoms with Gasteiger partial charge >= 0.3 is 6.61 Å². The minimum absolute atomic E-state index is 0.109. The molecule has 154 valence electrons. The lowest BCUT2D eigenvalue weighted by Crippen LogP contribution is -2.27. The first-order valence-corrected chi connectivity index (χ1v) is 9.95. The van der Waals surface area contributed by atoms with Crippen LogP contribution in [0.4, 0.5) is 8.78 Å². The van der Waals surface area contributed by atoms with Gasteiger partial charge in [0.15, 0.2) is 16.7 Å². The highest BCUT2D eigenvalue weighted by Gasteiger charge is 2.16. The molecule has 7 nitrogen and oxygen atoms in total. The zero-order valence-electron chi connectivity index (χ0n) is 15.7. The quantitative estimate of drug-likeness (QED) is 0.503. The van der Waals surface area contributed by atoms with Gasteiger partial charge in [-0.05, 0) is 43.2 Å². The number of aromatic nitrogens is 3. The fourth-order valence-corrected chi connectivity index (χ4v) is 3.47. The van der Waals surface area contributed by atoms with Gasteiger partial charge in [0.25, 0.3) is 0 Å². The smallest absolute Gasteiger partial charge is 0.387 e. The normalized spacial score (nSPS) is 11.0. The number of rotatable bonds is 10. The Labute approximate surface area is 170 Å². The van der Waals surface area contributed by atoms with E-state index in [0.29, 0.717) is 36.3 Å². The number of hydrogen-bond donors (Lipinski definition) is 1. The Morgan fingerprint density at radius 2 is 2.07 bits per heavy atom. The van der Waals surface area contributed by atoms with Gasteiger partial charge in [0, 0.05) is 13.1 Å². The molecule has 0 radical (unpaired) electrons. The maximum absolute atomic E-state index is 12.1. The second-order valence-corrected chi connectivity index (χ2v) is 6.88. The molecule has 0 atom stereocenters. The molecule has 0 aliphatic heterocycles. The molecule has 2 aromatic heterocycles. The van der Waals surface area contributed by atoms with Crippen molar-refractivity contribution in [1.82, 2.24) is 20.1 Å². The summed E-state index contributed by atoms with van der Waals surface area (Å²) in [5, 5.41) is 11.8. The van der Waals surface area contributed by atoms with Gasteiger partial charge in [-0.25, -0.2) is 0 Å². The molecule has 0 aliphatic carbocycles. The number of nitrogens with zero attached hydrogens (tertiary/aromatic N) is 3. The Morgan fingerprint density at radius 1 is 1.28 bits per heavy atom. The number of furan rings is 1. The molecule has 0 saturated carbocycles. The van der Waals surface area contributed by atoms with Gasteiger partial charge in [0.2, 0.25) is 5.91 Å². The molecule has 3 rings (SSSR count). The lowest BCUT2D eigenvalue weighted by Gasteiger charge is -2.08. The van der Waals surface area contributed by atoms with Crippen molar-refractivity contribution in [2.45, 2.75) is 31.7 Å². The van der Waals surface area contributed by atoms with Gasteiger partial charge in [-0.3, -0.25) is 9.36 Å². The molecular formula is C19H20F2N4O3S. The summed E-state index contributed by atoms with van der Waals surface area (Å²) >= 11 is 1.30. The van der Waals surface area contributed by atoms with Crippen molar-refractivity contribution in [2.75, 3.05) is 12.3 Å². The van der Waals surface area contributed by atoms with E-state index in [1.165, 1.54) is 23.9 Å². The maximum Gasteiger partial charge on any atom is 0.387 e. The number of halogens is 2. The third kappa shape index (κ3) is 5.80. The largest absolute Gasteiger partial charge is 0.461 e. The lowest BCUT2D eigenvalue weighted by molar-refractivity contribution is -0.118. The number of carbonyl (C=O) groups excluding carboxylic acids is 1. The summed E-state index contributed by atoms with van der Waals surface area (Å²) in [5.74, 6) is 1.44. The summed E-state index contributed by atoms with van der Waals surface area (Å²) in [5.41, 5.74) is 0.911. The minimum Gasteiger partial charge on any atom is -0.461 e. The third-order valence-electron chi connectivity index (χ3n) is 3.99. The van der Waals surface area contributed by atoms with Crippen LogP contribution in [0.5, 0.6) is 5.75 Å². The van der Waals surface area contributed by atoms with E-state index in [9.17, 15) is 13.6 Å². The van der Waals surface area contributed by atoms with Crippen LogP contribution < -0.4 is 10.1 Å². The van der Waals surface area contributed by atoms with Crippen LogP contribution in [0.1, 0.15) is 12.5 Å². The summed E-state index contributed by atoms with van der Waals surface area (Å²) in [6.45, 7) is 0.217. The summed E-state index contributed by atoms with van der Waals surface area (Å²) in [6.07, 6.45) is 2.16. The van der Waals surface area contributed by atoms with Crippen molar-refractivity contribution in [3.63, 3.8) is 0 Å². The lowest BCUT2D eigenvalue weighted by atomic mass is 10.1. The molecule has 2 heterocycles. The number of hydrogen-bond acceptors (Lipinski definition) is 6. The number of thioether (sulfide) groups is 1. The van der Waals surface area contributed by atoms with Crippen LogP contribution in [-0.2, 0) is 17.8 Å². The SMILES string of the molecule is CCn1c(SCC(=O)NCCc2ccc(OC(F)F)cc2)nnc1-c1ccco1. The average molecular weight is 422 g/mol. The predicted octanol–water partition coefficient (Wildman–Crippen LogP) is 3.61. The second kappa shape index (κ2) is 10.1. The Balaban J connectivity index is 1.45. The first-order valence-electron chi connectivity index (χ1n) is 8.97. The average Bonchev–Trinajstić information content (AvgIpc) is 3.36. The Bertz CT molecular complexity index is 914. The van der Waals surface area contributed by atoms with Crippen LogP contribution in [-0.4, -0.2) is 39.6 Å². The van der Waals surface area contributed by atoms with E-state index in [-0.39, 0.29) is 17.4 Å². The van der Waals surface area contributed by atoms with Gasteiger partial charge in [0.05, 0.1) is 12.0 Å².